The summed E-state index contributed by atoms with van der Waals surface area (Å²) in [4.78, 5) is 29.3. The van der Waals surface area contributed by atoms with Crippen molar-refractivity contribution in [3.8, 4) is 0 Å². The molecular formula is C28H40N2O2. The van der Waals surface area contributed by atoms with Gasteiger partial charge in [-0.05, 0) is 86.2 Å². The number of carbonyl (C=O) groups is 2. The molecule has 174 valence electrons. The van der Waals surface area contributed by atoms with Gasteiger partial charge in [-0.3, -0.25) is 9.59 Å². The number of amides is 2. The van der Waals surface area contributed by atoms with E-state index in [4.69, 9.17) is 0 Å². The minimum absolute atomic E-state index is 0.153. The van der Waals surface area contributed by atoms with Gasteiger partial charge in [0.2, 0.25) is 11.8 Å². The fourth-order valence-corrected chi connectivity index (χ4v) is 7.37. The zero-order valence-corrected chi connectivity index (χ0v) is 19.9. The molecule has 32 heavy (non-hydrogen) atoms. The van der Waals surface area contributed by atoms with Crippen LogP contribution < -0.4 is 5.32 Å². The van der Waals surface area contributed by atoms with Crippen molar-refractivity contribution < 1.29 is 9.59 Å². The Labute approximate surface area is 193 Å². The van der Waals surface area contributed by atoms with E-state index in [2.05, 4.69) is 48.3 Å². The van der Waals surface area contributed by atoms with E-state index in [1.807, 2.05) is 0 Å². The van der Waals surface area contributed by atoms with Gasteiger partial charge in [0, 0.05) is 19.0 Å². The summed E-state index contributed by atoms with van der Waals surface area (Å²) in [6.45, 7) is 5.24. The fraction of sp³-hybridized carbons (Fsp3) is 0.714. The van der Waals surface area contributed by atoms with Gasteiger partial charge in [0.25, 0.3) is 0 Å². The summed E-state index contributed by atoms with van der Waals surface area (Å²) in [5, 5.41) is 3.42. The van der Waals surface area contributed by atoms with Crippen LogP contribution in [0.2, 0.25) is 0 Å². The SMILES string of the molecule is CC(C)C[C@H]1CC(=O)N([C@]2(C(=O)NC3CCCC3)CC[C@@H]3Cc4ccccc4C[C@@H]3C2)C1. The highest BCUT2D eigenvalue weighted by atomic mass is 16.2. The molecule has 0 bridgehead atoms. The highest BCUT2D eigenvalue weighted by molar-refractivity contribution is 5.92. The first-order chi connectivity index (χ1) is 15.4. The molecule has 5 rings (SSSR count). The van der Waals surface area contributed by atoms with E-state index in [0.717, 1.165) is 57.9 Å². The molecule has 1 heterocycles. The lowest BCUT2D eigenvalue weighted by Crippen LogP contribution is -2.63. The van der Waals surface area contributed by atoms with E-state index >= 15 is 0 Å². The van der Waals surface area contributed by atoms with Crippen molar-refractivity contribution in [2.45, 2.75) is 96.1 Å². The van der Waals surface area contributed by atoms with Crippen molar-refractivity contribution in [1.29, 1.82) is 0 Å². The van der Waals surface area contributed by atoms with Gasteiger partial charge in [0.15, 0.2) is 0 Å². The average Bonchev–Trinajstić information content (AvgIpc) is 3.41. The maximum atomic E-state index is 14.0. The Balaban J connectivity index is 1.42. The van der Waals surface area contributed by atoms with Crippen LogP contribution in [0.15, 0.2) is 24.3 Å². The van der Waals surface area contributed by atoms with Crippen LogP contribution in [-0.2, 0) is 22.4 Å². The minimum atomic E-state index is -0.640. The first kappa shape index (κ1) is 22.0. The van der Waals surface area contributed by atoms with Gasteiger partial charge in [-0.2, -0.15) is 0 Å². The van der Waals surface area contributed by atoms with E-state index in [1.54, 1.807) is 0 Å². The second-order valence-corrected chi connectivity index (χ2v) is 11.6. The summed E-state index contributed by atoms with van der Waals surface area (Å²) < 4.78 is 0. The number of likely N-dealkylation sites (tertiary alicyclic amines) is 1. The van der Waals surface area contributed by atoms with Crippen molar-refractivity contribution in [1.82, 2.24) is 10.2 Å². The maximum Gasteiger partial charge on any atom is 0.246 e. The molecule has 4 heteroatoms. The van der Waals surface area contributed by atoms with E-state index in [1.165, 1.54) is 24.0 Å². The molecule has 0 radical (unpaired) electrons. The first-order valence-corrected chi connectivity index (χ1v) is 13.1. The lowest BCUT2D eigenvalue weighted by Gasteiger charge is -2.50. The van der Waals surface area contributed by atoms with Gasteiger partial charge in [-0.15, -0.1) is 0 Å². The van der Waals surface area contributed by atoms with Crippen LogP contribution >= 0.6 is 0 Å². The molecule has 0 spiro atoms. The topological polar surface area (TPSA) is 49.4 Å². The molecule has 4 aliphatic rings. The number of carbonyl (C=O) groups excluding carboxylic acids is 2. The van der Waals surface area contributed by atoms with Gasteiger partial charge >= 0.3 is 0 Å². The number of nitrogens with zero attached hydrogens (tertiary/aromatic N) is 1. The minimum Gasteiger partial charge on any atom is -0.351 e. The zero-order chi connectivity index (χ0) is 22.3. The van der Waals surface area contributed by atoms with E-state index in [-0.39, 0.29) is 11.8 Å². The second kappa shape index (κ2) is 8.83. The summed E-state index contributed by atoms with van der Waals surface area (Å²) in [6.07, 6.45) is 11.2. The molecule has 4 nitrogen and oxygen atoms in total. The lowest BCUT2D eigenvalue weighted by atomic mass is 9.62. The summed E-state index contributed by atoms with van der Waals surface area (Å²) in [6, 6.07) is 9.14. The van der Waals surface area contributed by atoms with Gasteiger partial charge in [-0.1, -0.05) is 51.0 Å². The summed E-state index contributed by atoms with van der Waals surface area (Å²) >= 11 is 0. The number of benzene rings is 1. The van der Waals surface area contributed by atoms with Crippen LogP contribution in [-0.4, -0.2) is 34.8 Å². The smallest absolute Gasteiger partial charge is 0.246 e. The van der Waals surface area contributed by atoms with Crippen molar-refractivity contribution in [2.75, 3.05) is 6.54 Å². The molecule has 2 amide bonds. The van der Waals surface area contributed by atoms with Crippen LogP contribution in [0.25, 0.3) is 0 Å². The van der Waals surface area contributed by atoms with Crippen LogP contribution in [0.5, 0.6) is 0 Å². The lowest BCUT2D eigenvalue weighted by molar-refractivity contribution is -0.150. The average molecular weight is 437 g/mol. The summed E-state index contributed by atoms with van der Waals surface area (Å²) in [5.41, 5.74) is 2.30. The van der Waals surface area contributed by atoms with Crippen molar-refractivity contribution in [2.24, 2.45) is 23.7 Å². The molecule has 1 aliphatic heterocycles. The Morgan fingerprint density at radius 1 is 1.06 bits per heavy atom. The molecule has 1 aromatic carbocycles. The third kappa shape index (κ3) is 4.10. The predicted octanol–water partition coefficient (Wildman–Crippen LogP) is 4.89. The van der Waals surface area contributed by atoms with Crippen molar-refractivity contribution in [3.63, 3.8) is 0 Å². The third-order valence-electron chi connectivity index (χ3n) is 8.92. The molecule has 0 aromatic heterocycles. The monoisotopic (exact) mass is 436 g/mol. The fourth-order valence-electron chi connectivity index (χ4n) is 7.37. The van der Waals surface area contributed by atoms with E-state index < -0.39 is 5.54 Å². The van der Waals surface area contributed by atoms with Gasteiger partial charge in [-0.25, -0.2) is 0 Å². The molecular weight excluding hydrogens is 396 g/mol. The Bertz CT molecular complexity index is 859. The number of hydrogen-bond acceptors (Lipinski definition) is 2. The quantitative estimate of drug-likeness (QED) is 0.714. The number of rotatable bonds is 5. The highest BCUT2D eigenvalue weighted by Gasteiger charge is 2.54. The largest absolute Gasteiger partial charge is 0.351 e. The van der Waals surface area contributed by atoms with Gasteiger partial charge < -0.3 is 10.2 Å². The molecule has 3 fully saturated rings. The molecule has 2 saturated carbocycles. The Morgan fingerprint density at radius 2 is 1.75 bits per heavy atom. The second-order valence-electron chi connectivity index (χ2n) is 11.6. The van der Waals surface area contributed by atoms with Crippen LogP contribution in [0.3, 0.4) is 0 Å². The number of hydrogen-bond donors (Lipinski definition) is 1. The molecule has 0 unspecified atom stereocenters. The van der Waals surface area contributed by atoms with Crippen LogP contribution in [0, 0.1) is 23.7 Å². The molecule has 4 atom stereocenters. The van der Waals surface area contributed by atoms with Gasteiger partial charge in [0.05, 0.1) is 0 Å². The van der Waals surface area contributed by atoms with E-state index in [9.17, 15) is 9.59 Å². The molecule has 1 aromatic rings. The summed E-state index contributed by atoms with van der Waals surface area (Å²) in [7, 11) is 0. The molecule has 1 saturated heterocycles. The molecule has 1 N–H and O–H groups in total. The Morgan fingerprint density at radius 3 is 2.44 bits per heavy atom. The van der Waals surface area contributed by atoms with Gasteiger partial charge in [0.1, 0.15) is 5.54 Å². The Kier molecular flexibility index (Phi) is 6.07. The van der Waals surface area contributed by atoms with Crippen molar-refractivity contribution >= 4 is 11.8 Å². The Hall–Kier alpha value is -1.84. The predicted molar refractivity (Wildman–Crippen MR) is 127 cm³/mol. The normalized spacial score (nSPS) is 32.8. The highest BCUT2D eigenvalue weighted by Crippen LogP contribution is 2.48. The first-order valence-electron chi connectivity index (χ1n) is 13.1. The number of nitrogens with one attached hydrogen (secondary N) is 1. The zero-order valence-electron chi connectivity index (χ0n) is 19.9. The third-order valence-corrected chi connectivity index (χ3v) is 8.92. The van der Waals surface area contributed by atoms with Crippen molar-refractivity contribution in [3.05, 3.63) is 35.4 Å². The number of fused-ring (bicyclic) bond motifs is 2. The molecule has 3 aliphatic carbocycles. The van der Waals surface area contributed by atoms with Crippen LogP contribution in [0.4, 0.5) is 0 Å². The maximum absolute atomic E-state index is 14.0. The van der Waals surface area contributed by atoms with E-state index in [0.29, 0.717) is 36.1 Å². The van der Waals surface area contributed by atoms with Crippen LogP contribution in [0.1, 0.15) is 82.8 Å². The standard InChI is InChI=1S/C28H40N2O2/c1-19(2)13-20-14-26(31)30(18-20)28(27(32)29-25-9-5-6-10-25)12-11-23-15-21-7-3-4-8-22(21)16-24(23)17-28/h3-4,7-8,19-20,23-25H,5-6,9-18H2,1-2H3,(H,29,32)/t20-,23+,24+,28+/m0/s1. The summed E-state index contributed by atoms with van der Waals surface area (Å²) in [5.74, 6) is 2.48.